The van der Waals surface area contributed by atoms with Crippen molar-refractivity contribution in [3.8, 4) is 0 Å². The molecule has 7 heteroatoms. The summed E-state index contributed by atoms with van der Waals surface area (Å²) in [4.78, 5) is 31.8. The summed E-state index contributed by atoms with van der Waals surface area (Å²) < 4.78 is 0. The van der Waals surface area contributed by atoms with Crippen LogP contribution in [0.4, 0.5) is 21.9 Å². The van der Waals surface area contributed by atoms with Gasteiger partial charge in [-0.1, -0.05) is 41.9 Å². The molecule has 1 fully saturated rings. The molecule has 0 saturated carbocycles. The second-order valence-corrected chi connectivity index (χ2v) is 8.74. The van der Waals surface area contributed by atoms with E-state index in [4.69, 9.17) is 11.6 Å². The van der Waals surface area contributed by atoms with Crippen molar-refractivity contribution in [3.05, 3.63) is 88.9 Å². The maximum Gasteiger partial charge on any atom is 0.321 e. The molecule has 168 valence electrons. The Balaban J connectivity index is 1.21. The van der Waals surface area contributed by atoms with E-state index in [-0.39, 0.29) is 11.9 Å². The second kappa shape index (κ2) is 9.16. The molecular formula is C26H25ClN4O2. The van der Waals surface area contributed by atoms with Gasteiger partial charge >= 0.3 is 6.03 Å². The van der Waals surface area contributed by atoms with Crippen LogP contribution in [0.5, 0.6) is 0 Å². The van der Waals surface area contributed by atoms with E-state index in [2.05, 4.69) is 16.3 Å². The van der Waals surface area contributed by atoms with E-state index in [1.165, 1.54) is 5.56 Å². The van der Waals surface area contributed by atoms with Crippen molar-refractivity contribution in [3.63, 3.8) is 0 Å². The summed E-state index contributed by atoms with van der Waals surface area (Å²) in [6.07, 6.45) is 0.861. The number of nitrogens with one attached hydrogen (secondary N) is 1. The number of fused-ring (bicyclic) bond motifs is 1. The number of hydrogen-bond acceptors (Lipinski definition) is 3. The van der Waals surface area contributed by atoms with Gasteiger partial charge in [0.15, 0.2) is 0 Å². The molecule has 3 aromatic rings. The number of rotatable bonds is 3. The van der Waals surface area contributed by atoms with Gasteiger partial charge in [-0.15, -0.1) is 0 Å². The highest BCUT2D eigenvalue weighted by Gasteiger charge is 2.26. The van der Waals surface area contributed by atoms with Crippen LogP contribution < -0.4 is 15.1 Å². The van der Waals surface area contributed by atoms with Crippen molar-refractivity contribution in [1.29, 1.82) is 0 Å². The maximum atomic E-state index is 13.1. The zero-order valence-electron chi connectivity index (χ0n) is 18.2. The van der Waals surface area contributed by atoms with Crippen LogP contribution in [0.15, 0.2) is 72.8 Å². The third-order valence-corrected chi connectivity index (χ3v) is 6.47. The standard InChI is InChI=1S/C26H25ClN4O2/c27-21-7-4-9-23(18-21)29-13-15-30(16-14-29)26(33)28-22-8-3-6-20(17-22)25(32)31-12-11-19-5-1-2-10-24(19)31/h1-10,17-18H,11-16H2,(H,28,33). The van der Waals surface area contributed by atoms with E-state index < -0.39 is 0 Å². The van der Waals surface area contributed by atoms with Crippen LogP contribution in [0.2, 0.25) is 5.02 Å². The van der Waals surface area contributed by atoms with E-state index in [9.17, 15) is 9.59 Å². The highest BCUT2D eigenvalue weighted by atomic mass is 35.5. The maximum absolute atomic E-state index is 13.1. The number of piperazine rings is 1. The first-order chi connectivity index (χ1) is 16.1. The Labute approximate surface area is 198 Å². The Bertz CT molecular complexity index is 1190. The molecule has 6 nitrogen and oxygen atoms in total. The number of benzene rings is 3. The minimum atomic E-state index is -0.156. The molecule has 33 heavy (non-hydrogen) atoms. The van der Waals surface area contributed by atoms with E-state index in [1.807, 2.05) is 59.5 Å². The van der Waals surface area contributed by atoms with Crippen LogP contribution in [0, 0.1) is 0 Å². The van der Waals surface area contributed by atoms with Crippen molar-refractivity contribution < 1.29 is 9.59 Å². The molecule has 2 aliphatic heterocycles. The molecule has 0 spiro atoms. The van der Waals surface area contributed by atoms with Crippen LogP contribution in [0.25, 0.3) is 0 Å². The second-order valence-electron chi connectivity index (χ2n) is 8.30. The molecule has 1 N–H and O–H groups in total. The van der Waals surface area contributed by atoms with Gasteiger partial charge in [0.05, 0.1) is 0 Å². The van der Waals surface area contributed by atoms with Gasteiger partial charge < -0.3 is 20.0 Å². The normalized spacial score (nSPS) is 15.4. The zero-order valence-corrected chi connectivity index (χ0v) is 19.0. The van der Waals surface area contributed by atoms with Crippen LogP contribution in [0.3, 0.4) is 0 Å². The lowest BCUT2D eigenvalue weighted by Gasteiger charge is -2.36. The lowest BCUT2D eigenvalue weighted by Crippen LogP contribution is -2.50. The molecule has 3 aromatic carbocycles. The van der Waals surface area contributed by atoms with Crippen LogP contribution in [0.1, 0.15) is 15.9 Å². The average Bonchev–Trinajstić information content (AvgIpc) is 3.28. The molecule has 0 aliphatic carbocycles. The number of carbonyl (C=O) groups is 2. The van der Waals surface area contributed by atoms with Gasteiger partial charge in [0.1, 0.15) is 0 Å². The van der Waals surface area contributed by atoms with Gasteiger partial charge in [-0.3, -0.25) is 4.79 Å². The topological polar surface area (TPSA) is 55.9 Å². The van der Waals surface area contributed by atoms with Gasteiger partial charge in [-0.2, -0.15) is 0 Å². The van der Waals surface area contributed by atoms with Crippen molar-refractivity contribution in [2.75, 3.05) is 47.8 Å². The smallest absolute Gasteiger partial charge is 0.321 e. The van der Waals surface area contributed by atoms with E-state index in [0.29, 0.717) is 35.9 Å². The number of urea groups is 1. The lowest BCUT2D eigenvalue weighted by atomic mass is 10.1. The Hall–Kier alpha value is -3.51. The third-order valence-electron chi connectivity index (χ3n) is 6.23. The van der Waals surface area contributed by atoms with Gasteiger partial charge in [0.25, 0.3) is 5.91 Å². The number of carbonyl (C=O) groups excluding carboxylic acids is 2. The molecule has 0 radical (unpaired) electrons. The fraction of sp³-hybridized carbons (Fsp3) is 0.231. The fourth-order valence-electron chi connectivity index (χ4n) is 4.48. The van der Waals surface area contributed by atoms with Crippen LogP contribution in [-0.2, 0) is 6.42 Å². The molecule has 5 rings (SSSR count). The van der Waals surface area contributed by atoms with Gasteiger partial charge in [0, 0.05) is 60.4 Å². The fourth-order valence-corrected chi connectivity index (χ4v) is 4.66. The first-order valence-corrected chi connectivity index (χ1v) is 11.5. The van der Waals surface area contributed by atoms with Gasteiger partial charge in [-0.05, 0) is 54.4 Å². The van der Waals surface area contributed by atoms with Crippen molar-refractivity contribution in [2.45, 2.75) is 6.42 Å². The Morgan fingerprint density at radius 3 is 2.42 bits per heavy atom. The van der Waals surface area contributed by atoms with E-state index >= 15 is 0 Å². The monoisotopic (exact) mass is 460 g/mol. The summed E-state index contributed by atoms with van der Waals surface area (Å²) in [5, 5.41) is 3.66. The SMILES string of the molecule is O=C(Nc1cccc(C(=O)N2CCc3ccccc32)c1)N1CCN(c2cccc(Cl)c2)CC1. The predicted octanol–water partition coefficient (Wildman–Crippen LogP) is 4.90. The summed E-state index contributed by atoms with van der Waals surface area (Å²) >= 11 is 6.11. The summed E-state index contributed by atoms with van der Waals surface area (Å²) in [5.74, 6) is -0.0498. The number of nitrogens with zero attached hydrogens (tertiary/aromatic N) is 3. The van der Waals surface area contributed by atoms with Crippen LogP contribution in [-0.4, -0.2) is 49.6 Å². The Kier molecular flexibility index (Phi) is 5.92. The lowest BCUT2D eigenvalue weighted by molar-refractivity contribution is 0.0989. The summed E-state index contributed by atoms with van der Waals surface area (Å²) in [6, 6.07) is 22.8. The highest BCUT2D eigenvalue weighted by Crippen LogP contribution is 2.29. The minimum absolute atomic E-state index is 0.0498. The Morgan fingerprint density at radius 2 is 1.61 bits per heavy atom. The minimum Gasteiger partial charge on any atom is -0.368 e. The first-order valence-electron chi connectivity index (χ1n) is 11.1. The molecule has 2 aliphatic rings. The quantitative estimate of drug-likeness (QED) is 0.605. The number of amides is 3. The number of para-hydroxylation sites is 1. The van der Waals surface area contributed by atoms with E-state index in [1.54, 1.807) is 17.0 Å². The predicted molar refractivity (Wildman–Crippen MR) is 133 cm³/mol. The number of hydrogen-bond donors (Lipinski definition) is 1. The third kappa shape index (κ3) is 4.52. The van der Waals surface area contributed by atoms with Gasteiger partial charge in [0.2, 0.25) is 0 Å². The summed E-state index contributed by atoms with van der Waals surface area (Å²) in [6.45, 7) is 3.37. The van der Waals surface area contributed by atoms with Gasteiger partial charge in [-0.25, -0.2) is 4.79 Å². The van der Waals surface area contributed by atoms with Crippen LogP contribution >= 0.6 is 11.6 Å². The first kappa shape index (κ1) is 21.3. The van der Waals surface area contributed by atoms with Crippen molar-refractivity contribution >= 4 is 40.6 Å². The molecule has 2 heterocycles. The van der Waals surface area contributed by atoms with Crippen molar-refractivity contribution in [2.24, 2.45) is 0 Å². The molecule has 1 saturated heterocycles. The zero-order chi connectivity index (χ0) is 22.8. The molecule has 0 aromatic heterocycles. The Morgan fingerprint density at radius 1 is 0.818 bits per heavy atom. The molecular weight excluding hydrogens is 436 g/mol. The summed E-state index contributed by atoms with van der Waals surface area (Å²) in [7, 11) is 0. The van der Waals surface area contributed by atoms with Crippen molar-refractivity contribution in [1.82, 2.24) is 4.90 Å². The van der Waals surface area contributed by atoms with E-state index in [0.717, 1.165) is 30.9 Å². The number of halogens is 1. The molecule has 3 amide bonds. The summed E-state index contributed by atoms with van der Waals surface area (Å²) in [5.41, 5.74) is 4.41. The average molecular weight is 461 g/mol. The largest absolute Gasteiger partial charge is 0.368 e. The number of anilines is 3. The molecule has 0 atom stereocenters. The molecule has 0 unspecified atom stereocenters. The highest BCUT2D eigenvalue weighted by molar-refractivity contribution is 6.30. The molecule has 0 bridgehead atoms.